The van der Waals surface area contributed by atoms with Gasteiger partial charge in [0.15, 0.2) is 0 Å². The minimum Gasteiger partial charge on any atom is -0.398 e. The average molecular weight is 229 g/mol. The molecule has 17 heavy (non-hydrogen) atoms. The lowest BCUT2D eigenvalue weighted by Gasteiger charge is -2.06. The van der Waals surface area contributed by atoms with E-state index in [1.807, 2.05) is 0 Å². The molecule has 0 aliphatic heterocycles. The Morgan fingerprint density at radius 2 is 1.88 bits per heavy atom. The lowest BCUT2D eigenvalue weighted by Crippen LogP contribution is -2.01. The summed E-state index contributed by atoms with van der Waals surface area (Å²) >= 11 is 0. The van der Waals surface area contributed by atoms with E-state index < -0.39 is 0 Å². The lowest BCUT2D eigenvalue weighted by atomic mass is 10.2. The summed E-state index contributed by atoms with van der Waals surface area (Å²) in [5.41, 5.74) is 12.3. The third kappa shape index (κ3) is 2.46. The smallest absolute Gasteiger partial charge is 0.137 e. The molecule has 0 atom stereocenters. The van der Waals surface area contributed by atoms with Crippen molar-refractivity contribution in [1.82, 2.24) is 15.0 Å². The maximum absolute atomic E-state index is 7.10. The second-order valence-electron chi connectivity index (χ2n) is 3.30. The average Bonchev–Trinajstić information content (AvgIpc) is 2.29. The number of nitrogens with one attached hydrogen (secondary N) is 2. The highest BCUT2D eigenvalue weighted by Crippen LogP contribution is 2.17. The van der Waals surface area contributed by atoms with E-state index in [2.05, 4.69) is 20.3 Å². The third-order valence-electron chi connectivity index (χ3n) is 2.07. The molecule has 0 fully saturated rings. The fraction of sp³-hybridized carbons (Fsp3) is 0. The Morgan fingerprint density at radius 3 is 2.53 bits per heavy atom. The summed E-state index contributed by atoms with van der Waals surface area (Å²) in [6, 6.07) is 3.21. The number of rotatable bonds is 3. The molecular formula is C10H11N7. The van der Waals surface area contributed by atoms with Crippen LogP contribution >= 0.6 is 0 Å². The van der Waals surface area contributed by atoms with Crippen LogP contribution in [0.15, 0.2) is 24.7 Å². The Morgan fingerprint density at radius 1 is 1.12 bits per heavy atom. The van der Waals surface area contributed by atoms with Crippen LogP contribution in [0.4, 0.5) is 23.1 Å². The molecule has 7 heteroatoms. The van der Waals surface area contributed by atoms with Crippen molar-refractivity contribution in [3.05, 3.63) is 30.2 Å². The van der Waals surface area contributed by atoms with Crippen molar-refractivity contribution >= 4 is 29.4 Å². The van der Waals surface area contributed by atoms with Crippen LogP contribution in [0.1, 0.15) is 5.56 Å². The summed E-state index contributed by atoms with van der Waals surface area (Å²) in [6.07, 6.45) is 4.01. The number of nitrogens with zero attached hydrogens (tertiary/aromatic N) is 3. The molecule has 86 valence electrons. The highest BCUT2D eigenvalue weighted by Gasteiger charge is 2.01. The molecule has 0 aromatic carbocycles. The van der Waals surface area contributed by atoms with Gasteiger partial charge >= 0.3 is 0 Å². The molecule has 0 unspecified atom stereocenters. The van der Waals surface area contributed by atoms with Gasteiger partial charge in [-0.15, -0.1) is 0 Å². The topological polar surface area (TPSA) is 127 Å². The highest BCUT2D eigenvalue weighted by atomic mass is 15.1. The van der Waals surface area contributed by atoms with Crippen molar-refractivity contribution < 1.29 is 0 Å². The molecule has 2 aromatic heterocycles. The van der Waals surface area contributed by atoms with Crippen molar-refractivity contribution in [2.24, 2.45) is 0 Å². The predicted octanol–water partition coefficient (Wildman–Crippen LogP) is 0.777. The van der Waals surface area contributed by atoms with Gasteiger partial charge in [-0.1, -0.05) is 0 Å². The quantitative estimate of drug-likeness (QED) is 0.576. The summed E-state index contributed by atoms with van der Waals surface area (Å²) < 4.78 is 0. The first-order chi connectivity index (χ1) is 8.19. The van der Waals surface area contributed by atoms with E-state index in [1.54, 1.807) is 12.1 Å². The largest absolute Gasteiger partial charge is 0.398 e. The number of nitrogens with two attached hydrogens (primary N) is 2. The fourth-order valence-corrected chi connectivity index (χ4v) is 1.24. The van der Waals surface area contributed by atoms with Gasteiger partial charge in [-0.25, -0.2) is 15.0 Å². The number of anilines is 4. The molecule has 0 saturated heterocycles. The number of hydrogen-bond donors (Lipinski definition) is 4. The SMILES string of the molecule is N=Cc1cnc(Nc2cc(N)ncn2)cc1N. The van der Waals surface area contributed by atoms with Crippen LogP contribution in [0.5, 0.6) is 0 Å². The van der Waals surface area contributed by atoms with Crippen LogP contribution in [0.2, 0.25) is 0 Å². The van der Waals surface area contributed by atoms with Gasteiger partial charge in [-0.3, -0.25) is 0 Å². The fourth-order valence-electron chi connectivity index (χ4n) is 1.24. The van der Waals surface area contributed by atoms with E-state index >= 15 is 0 Å². The van der Waals surface area contributed by atoms with Crippen LogP contribution in [-0.4, -0.2) is 21.2 Å². The minimum absolute atomic E-state index is 0.367. The number of hydrogen-bond acceptors (Lipinski definition) is 7. The van der Waals surface area contributed by atoms with Crippen molar-refractivity contribution in [3.8, 4) is 0 Å². The van der Waals surface area contributed by atoms with Gasteiger partial charge < -0.3 is 22.2 Å². The molecular weight excluding hydrogens is 218 g/mol. The zero-order chi connectivity index (χ0) is 12.3. The first kappa shape index (κ1) is 10.8. The second-order valence-corrected chi connectivity index (χ2v) is 3.30. The molecule has 2 aromatic rings. The Balaban J connectivity index is 2.24. The second kappa shape index (κ2) is 4.44. The van der Waals surface area contributed by atoms with Crippen LogP contribution in [-0.2, 0) is 0 Å². The Hall–Kier alpha value is -2.70. The standard InChI is InChI=1S/C10H11N7/c11-3-6-4-14-9(1-7(6)12)17-10-2-8(13)15-5-16-10/h1-5,11H,(H5,12,13,14,15,16,17). The van der Waals surface area contributed by atoms with Crippen LogP contribution in [0.3, 0.4) is 0 Å². The molecule has 0 radical (unpaired) electrons. The molecule has 0 bridgehead atoms. The van der Waals surface area contributed by atoms with Crippen LogP contribution in [0.25, 0.3) is 0 Å². The summed E-state index contributed by atoms with van der Waals surface area (Å²) in [7, 11) is 0. The molecule has 7 nitrogen and oxygen atoms in total. The third-order valence-corrected chi connectivity index (χ3v) is 2.07. The first-order valence-electron chi connectivity index (χ1n) is 4.79. The van der Waals surface area contributed by atoms with E-state index in [1.165, 1.54) is 12.5 Å². The lowest BCUT2D eigenvalue weighted by molar-refractivity contribution is 1.16. The molecule has 2 heterocycles. The van der Waals surface area contributed by atoms with Gasteiger partial charge in [0, 0.05) is 35.8 Å². The van der Waals surface area contributed by atoms with E-state index in [9.17, 15) is 0 Å². The molecule has 2 rings (SSSR count). The van der Waals surface area contributed by atoms with Crippen molar-refractivity contribution in [1.29, 1.82) is 5.41 Å². The normalized spacial score (nSPS) is 9.88. The summed E-state index contributed by atoms with van der Waals surface area (Å²) in [4.78, 5) is 11.8. The highest BCUT2D eigenvalue weighted by molar-refractivity contribution is 5.85. The molecule has 0 aliphatic carbocycles. The Labute approximate surface area is 97.4 Å². The van der Waals surface area contributed by atoms with Gasteiger partial charge in [-0.2, -0.15) is 0 Å². The van der Waals surface area contributed by atoms with Gasteiger partial charge in [0.2, 0.25) is 0 Å². The maximum atomic E-state index is 7.10. The summed E-state index contributed by atoms with van der Waals surface area (Å²) in [5.74, 6) is 1.43. The molecule has 0 amide bonds. The zero-order valence-electron chi connectivity index (χ0n) is 8.88. The maximum Gasteiger partial charge on any atom is 0.137 e. The van der Waals surface area contributed by atoms with E-state index in [0.29, 0.717) is 28.7 Å². The van der Waals surface area contributed by atoms with Gasteiger partial charge in [0.25, 0.3) is 0 Å². The van der Waals surface area contributed by atoms with Gasteiger partial charge in [0.05, 0.1) is 0 Å². The van der Waals surface area contributed by atoms with Gasteiger partial charge in [0.1, 0.15) is 23.8 Å². The van der Waals surface area contributed by atoms with E-state index in [4.69, 9.17) is 16.9 Å². The first-order valence-corrected chi connectivity index (χ1v) is 4.79. The summed E-state index contributed by atoms with van der Waals surface area (Å²) in [5, 5.41) is 10.0. The monoisotopic (exact) mass is 229 g/mol. The zero-order valence-corrected chi connectivity index (χ0v) is 8.88. The number of pyridine rings is 1. The Bertz CT molecular complexity index is 552. The minimum atomic E-state index is 0.367. The molecule has 0 spiro atoms. The predicted molar refractivity (Wildman–Crippen MR) is 66.3 cm³/mol. The van der Waals surface area contributed by atoms with Crippen molar-refractivity contribution in [2.75, 3.05) is 16.8 Å². The Kier molecular flexibility index (Phi) is 2.82. The van der Waals surface area contributed by atoms with E-state index in [-0.39, 0.29) is 0 Å². The number of aromatic nitrogens is 3. The summed E-state index contributed by atoms with van der Waals surface area (Å²) in [6.45, 7) is 0. The number of nitrogen functional groups attached to an aromatic ring is 2. The van der Waals surface area contributed by atoms with Crippen LogP contribution < -0.4 is 16.8 Å². The van der Waals surface area contributed by atoms with E-state index in [0.717, 1.165) is 6.21 Å². The molecule has 0 saturated carbocycles. The van der Waals surface area contributed by atoms with Crippen LogP contribution in [0, 0.1) is 5.41 Å². The molecule has 0 aliphatic rings. The molecule has 6 N–H and O–H groups in total. The van der Waals surface area contributed by atoms with Crippen molar-refractivity contribution in [3.63, 3.8) is 0 Å². The van der Waals surface area contributed by atoms with Crippen molar-refractivity contribution in [2.45, 2.75) is 0 Å². The van der Waals surface area contributed by atoms with Gasteiger partial charge in [-0.05, 0) is 0 Å².